The summed E-state index contributed by atoms with van der Waals surface area (Å²) in [6.07, 6.45) is 6.91. The Balaban J connectivity index is 1.51. The molecule has 0 aromatic heterocycles. The molecule has 4 aliphatic rings. The molecule has 0 heterocycles. The van der Waals surface area contributed by atoms with Crippen LogP contribution in [0.4, 0.5) is 14.5 Å². The smallest absolute Gasteiger partial charge is 0.251 e. The fourth-order valence-corrected chi connectivity index (χ4v) is 7.42. The van der Waals surface area contributed by atoms with Gasteiger partial charge in [-0.2, -0.15) is 0 Å². The van der Waals surface area contributed by atoms with Gasteiger partial charge in [0.25, 0.3) is 5.91 Å². The summed E-state index contributed by atoms with van der Waals surface area (Å²) in [5.74, 6) is -1.96. The van der Waals surface area contributed by atoms with Gasteiger partial charge < -0.3 is 11.1 Å². The van der Waals surface area contributed by atoms with E-state index in [1.807, 2.05) is 0 Å². The fraction of sp³-hybridized carbons (Fsp3) is 0.579. The van der Waals surface area contributed by atoms with Gasteiger partial charge in [-0.25, -0.2) is 8.78 Å². The van der Waals surface area contributed by atoms with Crippen molar-refractivity contribution in [2.24, 2.45) is 23.0 Å². The fourth-order valence-electron chi connectivity index (χ4n) is 5.91. The first-order chi connectivity index (χ1) is 12.2. The molecule has 140 valence electrons. The predicted octanol–water partition coefficient (Wildman–Crippen LogP) is 4.13. The van der Waals surface area contributed by atoms with E-state index in [0.717, 1.165) is 25.3 Å². The summed E-state index contributed by atoms with van der Waals surface area (Å²) >= 11 is 3.91. The molecule has 5 rings (SSSR count). The number of primary amides is 1. The number of carbonyl (C=O) groups is 2. The minimum absolute atomic E-state index is 0.0549. The van der Waals surface area contributed by atoms with E-state index in [4.69, 9.17) is 5.73 Å². The number of anilines is 1. The van der Waals surface area contributed by atoms with Crippen LogP contribution in [0.15, 0.2) is 12.1 Å². The lowest BCUT2D eigenvalue weighted by Crippen LogP contribution is -2.53. The van der Waals surface area contributed by atoms with Crippen LogP contribution in [0.2, 0.25) is 0 Å². The van der Waals surface area contributed by atoms with Crippen LogP contribution in [-0.4, -0.2) is 16.1 Å². The van der Waals surface area contributed by atoms with Gasteiger partial charge in [0.15, 0.2) is 0 Å². The lowest BCUT2D eigenvalue weighted by atomic mass is 9.48. The van der Waals surface area contributed by atoms with Gasteiger partial charge in [-0.1, -0.05) is 15.9 Å². The predicted molar refractivity (Wildman–Crippen MR) is 96.9 cm³/mol. The largest absolute Gasteiger partial charge is 0.366 e. The quantitative estimate of drug-likeness (QED) is 0.710. The highest BCUT2D eigenvalue weighted by molar-refractivity contribution is 9.10. The zero-order valence-corrected chi connectivity index (χ0v) is 15.9. The standard InChI is InChI=1S/C19H21BrF2N2O2/c20-19-6-10-1-11(7-19)5-18(4-10,9-19)8-16(25)24-15-2-12(17(23)26)13(21)3-14(15)22/h2-3,10-11H,1,4-9H2,(H2,23,26)(H,24,25). The van der Waals surface area contributed by atoms with Crippen molar-refractivity contribution in [3.8, 4) is 0 Å². The lowest BCUT2D eigenvalue weighted by Gasteiger charge is -2.60. The van der Waals surface area contributed by atoms with Gasteiger partial charge >= 0.3 is 0 Å². The van der Waals surface area contributed by atoms with Crippen LogP contribution < -0.4 is 11.1 Å². The Bertz CT molecular complexity index is 784. The van der Waals surface area contributed by atoms with E-state index in [-0.39, 0.29) is 21.3 Å². The second-order valence-corrected chi connectivity index (χ2v) is 10.2. The molecule has 0 aliphatic heterocycles. The van der Waals surface area contributed by atoms with Gasteiger partial charge in [-0.15, -0.1) is 0 Å². The molecule has 4 saturated carbocycles. The van der Waals surface area contributed by atoms with E-state index < -0.39 is 23.1 Å². The molecule has 0 radical (unpaired) electrons. The average molecular weight is 427 g/mol. The number of nitrogens with two attached hydrogens (primary N) is 1. The highest BCUT2D eigenvalue weighted by Gasteiger charge is 2.57. The van der Waals surface area contributed by atoms with E-state index in [1.165, 1.54) is 19.3 Å². The molecule has 0 saturated heterocycles. The third-order valence-electron chi connectivity index (χ3n) is 6.24. The Labute approximate surface area is 159 Å². The third-order valence-corrected chi connectivity index (χ3v) is 7.17. The van der Waals surface area contributed by atoms with Crippen molar-refractivity contribution in [2.75, 3.05) is 5.32 Å². The third kappa shape index (κ3) is 3.15. The van der Waals surface area contributed by atoms with E-state index in [0.29, 0.717) is 24.3 Å². The lowest BCUT2D eigenvalue weighted by molar-refractivity contribution is -0.123. The summed E-state index contributed by atoms with van der Waals surface area (Å²) < 4.78 is 27.7. The molecule has 7 heteroatoms. The van der Waals surface area contributed by atoms with E-state index in [9.17, 15) is 18.4 Å². The van der Waals surface area contributed by atoms with Crippen LogP contribution in [0.3, 0.4) is 0 Å². The minimum Gasteiger partial charge on any atom is -0.366 e. The highest BCUT2D eigenvalue weighted by atomic mass is 79.9. The van der Waals surface area contributed by atoms with Crippen molar-refractivity contribution in [1.82, 2.24) is 0 Å². The van der Waals surface area contributed by atoms with Crippen LogP contribution >= 0.6 is 15.9 Å². The summed E-state index contributed by atoms with van der Waals surface area (Å²) in [4.78, 5) is 23.9. The SMILES string of the molecule is NC(=O)c1cc(NC(=O)CC23CC4CC(CC(Br)(C4)C2)C3)c(F)cc1F. The number of carbonyl (C=O) groups excluding carboxylic acids is 2. The Morgan fingerprint density at radius 3 is 2.38 bits per heavy atom. The maximum Gasteiger partial charge on any atom is 0.251 e. The maximum absolute atomic E-state index is 14.0. The number of hydrogen-bond donors (Lipinski definition) is 2. The van der Waals surface area contributed by atoms with Crippen LogP contribution in [-0.2, 0) is 4.79 Å². The summed E-state index contributed by atoms with van der Waals surface area (Å²) in [5, 5.41) is 2.52. The van der Waals surface area contributed by atoms with Gasteiger partial charge in [0.1, 0.15) is 11.6 Å². The van der Waals surface area contributed by atoms with Gasteiger partial charge in [-0.3, -0.25) is 9.59 Å². The van der Waals surface area contributed by atoms with Gasteiger partial charge in [-0.05, 0) is 61.8 Å². The Kier molecular flexibility index (Phi) is 4.13. The molecular weight excluding hydrogens is 406 g/mol. The van der Waals surface area contributed by atoms with E-state index >= 15 is 0 Å². The molecule has 4 nitrogen and oxygen atoms in total. The van der Waals surface area contributed by atoms with Crippen LogP contribution in [0.1, 0.15) is 55.3 Å². The van der Waals surface area contributed by atoms with Crippen molar-refractivity contribution < 1.29 is 18.4 Å². The molecule has 26 heavy (non-hydrogen) atoms. The average Bonchev–Trinajstić information content (AvgIpc) is 2.46. The van der Waals surface area contributed by atoms with E-state index in [1.54, 1.807) is 0 Å². The van der Waals surface area contributed by atoms with Crippen molar-refractivity contribution in [3.05, 3.63) is 29.3 Å². The van der Waals surface area contributed by atoms with Gasteiger partial charge in [0, 0.05) is 16.8 Å². The zero-order chi connectivity index (χ0) is 18.7. The molecule has 4 aliphatic carbocycles. The second-order valence-electron chi connectivity index (χ2n) is 8.51. The van der Waals surface area contributed by atoms with E-state index in [2.05, 4.69) is 21.2 Å². The maximum atomic E-state index is 14.0. The van der Waals surface area contributed by atoms with Crippen LogP contribution in [0.25, 0.3) is 0 Å². The molecular formula is C19H21BrF2N2O2. The first-order valence-corrected chi connectivity index (χ1v) is 9.74. The summed E-state index contributed by atoms with van der Waals surface area (Å²) in [6, 6.07) is 1.55. The minimum atomic E-state index is -1.03. The van der Waals surface area contributed by atoms with Crippen molar-refractivity contribution in [1.29, 1.82) is 0 Å². The number of nitrogens with one attached hydrogen (secondary N) is 1. The molecule has 1 aromatic carbocycles. The van der Waals surface area contributed by atoms with Gasteiger partial charge in [0.2, 0.25) is 5.91 Å². The number of amides is 2. The van der Waals surface area contributed by atoms with Crippen LogP contribution in [0, 0.1) is 28.9 Å². The summed E-state index contributed by atoms with van der Waals surface area (Å²) in [5.41, 5.74) is 4.40. The normalized spacial score (nSPS) is 34.7. The van der Waals surface area contributed by atoms with Gasteiger partial charge in [0.05, 0.1) is 11.3 Å². The topological polar surface area (TPSA) is 72.2 Å². The van der Waals surface area contributed by atoms with Crippen molar-refractivity contribution in [2.45, 2.75) is 49.3 Å². The van der Waals surface area contributed by atoms with Crippen LogP contribution in [0.5, 0.6) is 0 Å². The first kappa shape index (κ1) is 17.9. The number of halogens is 3. The molecule has 2 atom stereocenters. The molecule has 4 fully saturated rings. The Morgan fingerprint density at radius 2 is 1.81 bits per heavy atom. The first-order valence-electron chi connectivity index (χ1n) is 8.95. The Hall–Kier alpha value is -1.50. The van der Waals surface area contributed by atoms with Crippen molar-refractivity contribution >= 4 is 33.4 Å². The molecule has 3 N–H and O–H groups in total. The second kappa shape index (κ2) is 6.01. The molecule has 0 spiro atoms. The zero-order valence-electron chi connectivity index (χ0n) is 14.3. The summed E-state index contributed by atoms with van der Waals surface area (Å²) in [7, 11) is 0. The molecule has 1 aromatic rings. The molecule has 4 bridgehead atoms. The molecule has 2 unspecified atom stereocenters. The number of benzene rings is 1. The molecule has 2 amide bonds. The highest BCUT2D eigenvalue weighted by Crippen LogP contribution is 2.65. The number of rotatable bonds is 4. The summed E-state index contributed by atoms with van der Waals surface area (Å²) in [6.45, 7) is 0. The number of hydrogen-bond acceptors (Lipinski definition) is 2. The number of alkyl halides is 1. The Morgan fingerprint density at radius 1 is 1.15 bits per heavy atom. The monoisotopic (exact) mass is 426 g/mol. The van der Waals surface area contributed by atoms with Crippen molar-refractivity contribution in [3.63, 3.8) is 0 Å².